The maximum atomic E-state index is 2.64. The summed E-state index contributed by atoms with van der Waals surface area (Å²) in [4.78, 5) is 5.15. The molecule has 6 heteroatoms. The van der Waals surface area contributed by atoms with Crippen LogP contribution in [0.25, 0.3) is 0 Å². The van der Waals surface area contributed by atoms with E-state index in [1.165, 1.54) is 31.6 Å². The van der Waals surface area contributed by atoms with Gasteiger partial charge in [0.05, 0.1) is 17.5 Å². The normalized spacial score (nSPS) is 23.0. The monoisotopic (exact) mass is 330 g/mol. The van der Waals surface area contributed by atoms with Gasteiger partial charge in [0.25, 0.3) is 6.98 Å². The lowest BCUT2D eigenvalue weighted by atomic mass is 9.56. The second-order valence-corrected chi connectivity index (χ2v) is 7.90. The van der Waals surface area contributed by atoms with E-state index in [9.17, 15) is 0 Å². The van der Waals surface area contributed by atoms with Crippen molar-refractivity contribution in [2.75, 3.05) is 18.4 Å². The molecule has 2 aliphatic rings. The summed E-state index contributed by atoms with van der Waals surface area (Å²) in [5.74, 6) is 1.36. The predicted molar refractivity (Wildman–Crippen MR) is 109 cm³/mol. The van der Waals surface area contributed by atoms with E-state index < -0.39 is 0 Å². The zero-order chi connectivity index (χ0) is 18.1. The molecule has 1 aromatic rings. The smallest absolute Gasteiger partial charge is 0.331 e. The van der Waals surface area contributed by atoms with Crippen LogP contribution in [0.15, 0.2) is 18.3 Å². The number of anilines is 1. The Balaban J connectivity index is 0.000000647. The Kier molecular flexibility index (Phi) is 6.14. The van der Waals surface area contributed by atoms with E-state index in [4.69, 9.17) is 0 Å². The minimum atomic E-state index is 0.104. The standard InChI is InChI=1S/C15H28B2N4.C3H8/c1-7-8-12-20-16(4)18(6)14-15(2,3)19-11-9-10-13(19)21(14)17(20)5;1-3-2/h9-11,14H,7-8,12H2,1-6H3;3H2,1-2H3. The second-order valence-electron chi connectivity index (χ2n) is 7.90. The van der Waals surface area contributed by atoms with Gasteiger partial charge in [0, 0.05) is 6.20 Å². The van der Waals surface area contributed by atoms with E-state index in [1.807, 2.05) is 0 Å². The molecule has 0 saturated carbocycles. The number of likely N-dealkylation sites (N-methyl/N-ethyl adjacent to an activating group) is 1. The number of fused-ring (bicyclic) bond motifs is 3. The summed E-state index contributed by atoms with van der Waals surface area (Å²) in [5.41, 5.74) is 0.104. The zero-order valence-corrected chi connectivity index (χ0v) is 17.1. The SMILES string of the molecule is CCC.CCCCN1B(C)N(C)C2N(B1C)c1cccn1C2(C)C. The van der Waals surface area contributed by atoms with E-state index >= 15 is 0 Å². The molecule has 1 saturated heterocycles. The van der Waals surface area contributed by atoms with Crippen molar-refractivity contribution in [2.45, 2.75) is 79.2 Å². The van der Waals surface area contributed by atoms with Crippen molar-refractivity contribution >= 4 is 19.8 Å². The Labute approximate surface area is 150 Å². The summed E-state index contributed by atoms with van der Waals surface area (Å²) in [7, 11) is 2.28. The number of aromatic nitrogens is 1. The highest BCUT2D eigenvalue weighted by atomic mass is 15.5. The Bertz CT molecular complexity index is 531. The number of nitrogens with zero attached hydrogens (tertiary/aromatic N) is 4. The van der Waals surface area contributed by atoms with E-state index in [0.29, 0.717) is 20.1 Å². The van der Waals surface area contributed by atoms with Gasteiger partial charge in [-0.1, -0.05) is 47.3 Å². The van der Waals surface area contributed by atoms with Gasteiger partial charge in [-0.2, -0.15) is 0 Å². The molecule has 0 aromatic carbocycles. The van der Waals surface area contributed by atoms with E-state index in [-0.39, 0.29) is 5.54 Å². The van der Waals surface area contributed by atoms with Gasteiger partial charge in [-0.3, -0.25) is 0 Å². The van der Waals surface area contributed by atoms with Crippen molar-refractivity contribution in [2.24, 2.45) is 0 Å². The minimum absolute atomic E-state index is 0.104. The molecule has 1 aromatic heterocycles. The van der Waals surface area contributed by atoms with Gasteiger partial charge < -0.3 is 18.9 Å². The number of unbranched alkanes of at least 4 members (excludes halogenated alkanes) is 1. The predicted octanol–water partition coefficient (Wildman–Crippen LogP) is 4.07. The lowest BCUT2D eigenvalue weighted by molar-refractivity contribution is 0.203. The lowest BCUT2D eigenvalue weighted by Crippen LogP contribution is -2.74. The van der Waals surface area contributed by atoms with Gasteiger partial charge in [0.15, 0.2) is 0 Å². The molecule has 1 atom stereocenters. The van der Waals surface area contributed by atoms with Gasteiger partial charge in [0.2, 0.25) is 0 Å². The molecule has 0 N–H and O–H groups in total. The van der Waals surface area contributed by atoms with Crippen molar-refractivity contribution in [1.82, 2.24) is 14.1 Å². The largest absolute Gasteiger partial charge is 0.371 e. The Morgan fingerprint density at radius 1 is 1.12 bits per heavy atom. The van der Waals surface area contributed by atoms with E-state index in [0.717, 1.165) is 0 Å². The summed E-state index contributed by atoms with van der Waals surface area (Å²) in [6.45, 7) is 18.1. The zero-order valence-electron chi connectivity index (χ0n) is 17.1. The molecule has 1 fully saturated rings. The fourth-order valence-electron chi connectivity index (χ4n) is 4.37. The van der Waals surface area contributed by atoms with Gasteiger partial charge in [0.1, 0.15) is 0 Å². The van der Waals surface area contributed by atoms with Crippen LogP contribution >= 0.6 is 0 Å². The third kappa shape index (κ3) is 3.03. The van der Waals surface area contributed by atoms with Crippen LogP contribution in [0.3, 0.4) is 0 Å². The molecular formula is C18H36B2N4. The Hall–Kier alpha value is -0.870. The van der Waals surface area contributed by atoms with Crippen LogP contribution in [0.5, 0.6) is 0 Å². The summed E-state index contributed by atoms with van der Waals surface area (Å²) >= 11 is 0. The molecule has 4 nitrogen and oxygen atoms in total. The summed E-state index contributed by atoms with van der Waals surface area (Å²) in [6.07, 6.45) is 6.43. The first kappa shape index (κ1) is 19.5. The van der Waals surface area contributed by atoms with E-state index in [2.05, 4.69) is 92.6 Å². The molecule has 0 aliphatic carbocycles. The van der Waals surface area contributed by atoms with Crippen LogP contribution in [-0.4, -0.2) is 47.8 Å². The third-order valence-electron chi connectivity index (χ3n) is 5.62. The molecule has 3 heterocycles. The van der Waals surface area contributed by atoms with Crippen LogP contribution in [0.1, 0.15) is 53.9 Å². The third-order valence-corrected chi connectivity index (χ3v) is 5.62. The highest BCUT2D eigenvalue weighted by Gasteiger charge is 2.55. The molecule has 0 amide bonds. The first-order valence-electron chi connectivity index (χ1n) is 9.76. The van der Waals surface area contributed by atoms with Crippen LogP contribution in [0.2, 0.25) is 13.6 Å². The molecule has 2 aliphatic heterocycles. The molecule has 1 unspecified atom stereocenters. The van der Waals surface area contributed by atoms with Gasteiger partial charge >= 0.3 is 6.98 Å². The average Bonchev–Trinajstić information content (AvgIpc) is 3.08. The van der Waals surface area contributed by atoms with Gasteiger partial charge in [-0.25, -0.2) is 0 Å². The fraction of sp³-hybridized carbons (Fsp3) is 0.778. The summed E-state index contributed by atoms with van der Waals surface area (Å²) < 4.78 is 5.08. The molecule has 0 bridgehead atoms. The molecule has 0 radical (unpaired) electrons. The Morgan fingerprint density at radius 2 is 1.75 bits per heavy atom. The summed E-state index contributed by atoms with van der Waals surface area (Å²) in [5, 5.41) is 0. The van der Waals surface area contributed by atoms with Crippen molar-refractivity contribution in [1.29, 1.82) is 0 Å². The molecule has 24 heavy (non-hydrogen) atoms. The average molecular weight is 330 g/mol. The van der Waals surface area contributed by atoms with E-state index in [1.54, 1.807) is 0 Å². The number of hydrogen-bond donors (Lipinski definition) is 0. The summed E-state index contributed by atoms with van der Waals surface area (Å²) in [6, 6.07) is 4.44. The quantitative estimate of drug-likeness (QED) is 0.777. The first-order valence-corrected chi connectivity index (χ1v) is 9.76. The topological polar surface area (TPSA) is 14.7 Å². The molecule has 3 rings (SSSR count). The highest BCUT2D eigenvalue weighted by Crippen LogP contribution is 2.43. The van der Waals surface area contributed by atoms with Crippen molar-refractivity contribution in [3.05, 3.63) is 18.3 Å². The Morgan fingerprint density at radius 3 is 2.33 bits per heavy atom. The molecule has 134 valence electrons. The van der Waals surface area contributed by atoms with Crippen LogP contribution in [0.4, 0.5) is 5.82 Å². The highest BCUT2D eigenvalue weighted by molar-refractivity contribution is 6.73. The maximum absolute atomic E-state index is 2.64. The number of hydrogen-bond acceptors (Lipinski definition) is 3. The van der Waals surface area contributed by atoms with Crippen molar-refractivity contribution in [3.8, 4) is 0 Å². The lowest BCUT2D eigenvalue weighted by Gasteiger charge is -2.53. The molecular weight excluding hydrogens is 294 g/mol. The first-order chi connectivity index (χ1) is 11.3. The number of rotatable bonds is 3. The molecule has 0 spiro atoms. The maximum Gasteiger partial charge on any atom is 0.331 e. The van der Waals surface area contributed by atoms with Crippen molar-refractivity contribution in [3.63, 3.8) is 0 Å². The van der Waals surface area contributed by atoms with Crippen LogP contribution in [-0.2, 0) is 5.54 Å². The second kappa shape index (κ2) is 7.57. The van der Waals surface area contributed by atoms with Crippen LogP contribution in [0, 0.1) is 0 Å². The van der Waals surface area contributed by atoms with Crippen molar-refractivity contribution < 1.29 is 0 Å². The van der Waals surface area contributed by atoms with Crippen LogP contribution < -0.4 is 4.81 Å². The fourth-order valence-corrected chi connectivity index (χ4v) is 4.37. The van der Waals surface area contributed by atoms with Gasteiger partial charge in [-0.05, 0) is 46.0 Å². The minimum Gasteiger partial charge on any atom is -0.371 e. The van der Waals surface area contributed by atoms with Gasteiger partial charge in [-0.15, -0.1) is 0 Å².